The second-order valence-corrected chi connectivity index (χ2v) is 2.87. The Kier molecular flexibility index (Phi) is 1.59. The molecule has 1 aromatic heterocycles. The van der Waals surface area contributed by atoms with E-state index >= 15 is 0 Å². The maximum absolute atomic E-state index is 11.3. The second-order valence-electron chi connectivity index (χ2n) is 2.87. The Morgan fingerprint density at radius 3 is 2.85 bits per heavy atom. The van der Waals surface area contributed by atoms with Crippen LogP contribution in [0.25, 0.3) is 11.0 Å². The summed E-state index contributed by atoms with van der Waals surface area (Å²) >= 11 is 0. The molecule has 0 unspecified atom stereocenters. The third kappa shape index (κ3) is 1.09. The van der Waals surface area contributed by atoms with E-state index in [4.69, 9.17) is 4.42 Å². The molecule has 0 aliphatic rings. The molecule has 13 heavy (non-hydrogen) atoms. The van der Waals surface area contributed by atoms with Crippen LogP contribution in [0.15, 0.2) is 33.7 Å². The molecule has 0 fully saturated rings. The Bertz CT molecular complexity index is 511. The van der Waals surface area contributed by atoms with Crippen molar-refractivity contribution in [2.75, 3.05) is 0 Å². The van der Waals surface area contributed by atoms with Crippen LogP contribution >= 0.6 is 0 Å². The van der Waals surface area contributed by atoms with Crippen LogP contribution in [0.2, 0.25) is 0 Å². The summed E-state index contributed by atoms with van der Waals surface area (Å²) in [7, 11) is 0. The lowest BCUT2D eigenvalue weighted by molar-refractivity contribution is 0.469. The largest absolute Gasteiger partial charge is 0.508 e. The molecule has 0 amide bonds. The van der Waals surface area contributed by atoms with E-state index in [0.717, 1.165) is 0 Å². The molecular weight excluding hydrogens is 168 g/mol. The third-order valence-electron chi connectivity index (χ3n) is 2.05. The monoisotopic (exact) mass is 176 g/mol. The first-order valence-corrected chi connectivity index (χ1v) is 3.90. The summed E-state index contributed by atoms with van der Waals surface area (Å²) in [5.41, 5.74) is 0.951. The predicted octanol–water partition coefficient (Wildman–Crippen LogP) is 1.81. The molecule has 1 aromatic carbocycles. The Labute approximate surface area is 74.2 Å². The van der Waals surface area contributed by atoms with Crippen molar-refractivity contribution in [3.63, 3.8) is 0 Å². The van der Waals surface area contributed by atoms with Crippen LogP contribution in [0.3, 0.4) is 0 Å². The van der Waals surface area contributed by atoms with E-state index in [1.807, 2.05) is 0 Å². The number of hydrogen-bond acceptors (Lipinski definition) is 3. The van der Waals surface area contributed by atoms with E-state index in [9.17, 15) is 9.90 Å². The molecule has 0 spiro atoms. The van der Waals surface area contributed by atoms with Gasteiger partial charge in [0, 0.05) is 11.6 Å². The highest BCUT2D eigenvalue weighted by molar-refractivity contribution is 5.81. The molecule has 0 radical (unpaired) electrons. The van der Waals surface area contributed by atoms with Crippen LogP contribution in [0, 0.1) is 6.92 Å². The number of aromatic hydroxyl groups is 1. The van der Waals surface area contributed by atoms with Crippen LogP contribution in [0.4, 0.5) is 0 Å². The summed E-state index contributed by atoms with van der Waals surface area (Å²) in [6.07, 6.45) is 1.33. The van der Waals surface area contributed by atoms with Crippen LogP contribution in [0.5, 0.6) is 5.75 Å². The SMILES string of the molecule is Cc1c(O)ccc2c(=O)ccoc12. The summed E-state index contributed by atoms with van der Waals surface area (Å²) in [5, 5.41) is 9.84. The normalized spacial score (nSPS) is 10.5. The van der Waals surface area contributed by atoms with Gasteiger partial charge in [-0.05, 0) is 19.1 Å². The number of hydrogen-bond donors (Lipinski definition) is 1. The van der Waals surface area contributed by atoms with Crippen LogP contribution in [-0.2, 0) is 0 Å². The molecule has 2 aromatic rings. The van der Waals surface area contributed by atoms with E-state index in [1.54, 1.807) is 13.0 Å². The highest BCUT2D eigenvalue weighted by Gasteiger charge is 2.05. The minimum absolute atomic E-state index is 0.0932. The molecule has 0 aliphatic heterocycles. The van der Waals surface area contributed by atoms with Crippen molar-refractivity contribution < 1.29 is 9.52 Å². The van der Waals surface area contributed by atoms with E-state index in [-0.39, 0.29) is 11.2 Å². The summed E-state index contributed by atoms with van der Waals surface area (Å²) in [4.78, 5) is 11.3. The molecule has 66 valence electrons. The van der Waals surface area contributed by atoms with Gasteiger partial charge in [-0.2, -0.15) is 0 Å². The molecule has 3 heteroatoms. The Morgan fingerprint density at radius 2 is 2.08 bits per heavy atom. The van der Waals surface area contributed by atoms with Gasteiger partial charge in [0.15, 0.2) is 5.43 Å². The molecule has 3 nitrogen and oxygen atoms in total. The molecule has 0 atom stereocenters. The molecule has 2 rings (SSSR count). The Morgan fingerprint density at radius 1 is 1.31 bits per heavy atom. The average Bonchev–Trinajstić information content (AvgIpc) is 2.12. The predicted molar refractivity (Wildman–Crippen MR) is 48.9 cm³/mol. The van der Waals surface area contributed by atoms with E-state index < -0.39 is 0 Å². The van der Waals surface area contributed by atoms with E-state index in [1.165, 1.54) is 18.4 Å². The van der Waals surface area contributed by atoms with Crippen molar-refractivity contribution in [1.29, 1.82) is 0 Å². The van der Waals surface area contributed by atoms with Crippen molar-refractivity contribution in [3.8, 4) is 5.75 Å². The maximum Gasteiger partial charge on any atom is 0.192 e. The smallest absolute Gasteiger partial charge is 0.192 e. The van der Waals surface area contributed by atoms with E-state index in [2.05, 4.69) is 0 Å². The molecule has 1 heterocycles. The van der Waals surface area contributed by atoms with Gasteiger partial charge in [0.25, 0.3) is 0 Å². The van der Waals surface area contributed by atoms with Gasteiger partial charge in [0.1, 0.15) is 11.3 Å². The van der Waals surface area contributed by atoms with Crippen molar-refractivity contribution >= 4 is 11.0 Å². The number of rotatable bonds is 0. The molecule has 0 bridgehead atoms. The van der Waals surface area contributed by atoms with Gasteiger partial charge in [-0.3, -0.25) is 4.79 Å². The van der Waals surface area contributed by atoms with Crippen LogP contribution < -0.4 is 5.43 Å². The van der Waals surface area contributed by atoms with Gasteiger partial charge in [-0.25, -0.2) is 0 Å². The fraction of sp³-hybridized carbons (Fsp3) is 0.100. The first-order valence-electron chi connectivity index (χ1n) is 3.90. The summed E-state index contributed by atoms with van der Waals surface area (Å²) in [6.45, 7) is 1.71. The number of aryl methyl sites for hydroxylation is 1. The zero-order chi connectivity index (χ0) is 9.42. The number of phenols is 1. The van der Waals surface area contributed by atoms with Gasteiger partial charge in [0.05, 0.1) is 11.6 Å². The standard InChI is InChI=1S/C10H8O3/c1-6-8(11)3-2-7-9(12)4-5-13-10(6)7/h2-5,11H,1H3. The number of fused-ring (bicyclic) bond motifs is 1. The zero-order valence-corrected chi connectivity index (χ0v) is 7.07. The van der Waals surface area contributed by atoms with Gasteiger partial charge in [-0.1, -0.05) is 0 Å². The van der Waals surface area contributed by atoms with Gasteiger partial charge < -0.3 is 9.52 Å². The fourth-order valence-electron chi connectivity index (χ4n) is 1.28. The fourth-order valence-corrected chi connectivity index (χ4v) is 1.28. The minimum atomic E-state index is -0.0932. The Balaban J connectivity index is 3.03. The number of phenolic OH excluding ortho intramolecular Hbond substituents is 1. The Hall–Kier alpha value is -1.77. The molecule has 1 N–H and O–H groups in total. The second kappa shape index (κ2) is 2.62. The maximum atomic E-state index is 11.3. The van der Waals surface area contributed by atoms with Crippen LogP contribution in [-0.4, -0.2) is 5.11 Å². The quantitative estimate of drug-likeness (QED) is 0.665. The van der Waals surface area contributed by atoms with Crippen molar-refractivity contribution in [2.24, 2.45) is 0 Å². The van der Waals surface area contributed by atoms with Gasteiger partial charge >= 0.3 is 0 Å². The summed E-state index contributed by atoms with van der Waals surface area (Å²) in [6, 6.07) is 4.41. The van der Waals surface area contributed by atoms with Crippen molar-refractivity contribution in [1.82, 2.24) is 0 Å². The zero-order valence-electron chi connectivity index (χ0n) is 7.07. The lowest BCUT2D eigenvalue weighted by Crippen LogP contribution is -1.98. The minimum Gasteiger partial charge on any atom is -0.508 e. The molecule has 0 saturated carbocycles. The lowest BCUT2D eigenvalue weighted by Gasteiger charge is -2.01. The molecular formula is C10H8O3. The van der Waals surface area contributed by atoms with Crippen LogP contribution in [0.1, 0.15) is 5.56 Å². The third-order valence-corrected chi connectivity index (χ3v) is 2.05. The summed E-state index contributed by atoms with van der Waals surface area (Å²) < 4.78 is 5.14. The topological polar surface area (TPSA) is 50.4 Å². The number of benzene rings is 1. The van der Waals surface area contributed by atoms with Gasteiger partial charge in [0.2, 0.25) is 0 Å². The van der Waals surface area contributed by atoms with Crippen molar-refractivity contribution in [3.05, 3.63) is 40.2 Å². The highest BCUT2D eigenvalue weighted by atomic mass is 16.3. The highest BCUT2D eigenvalue weighted by Crippen LogP contribution is 2.23. The lowest BCUT2D eigenvalue weighted by atomic mass is 10.1. The molecule has 0 aliphatic carbocycles. The molecule has 0 saturated heterocycles. The first-order chi connectivity index (χ1) is 6.20. The van der Waals surface area contributed by atoms with Gasteiger partial charge in [-0.15, -0.1) is 0 Å². The first kappa shape index (κ1) is 7.86. The average molecular weight is 176 g/mol. The van der Waals surface area contributed by atoms with Crippen molar-refractivity contribution in [2.45, 2.75) is 6.92 Å². The summed E-state index contributed by atoms with van der Waals surface area (Å²) in [5.74, 6) is 0.141. The van der Waals surface area contributed by atoms with E-state index in [0.29, 0.717) is 16.5 Å².